The van der Waals surface area contributed by atoms with Crippen molar-refractivity contribution in [1.29, 1.82) is 0 Å². The number of piperidine rings is 1. The van der Waals surface area contributed by atoms with Gasteiger partial charge in [-0.25, -0.2) is 0 Å². The third kappa shape index (κ3) is 3.29. The molecule has 1 saturated heterocycles. The molecule has 1 aromatic heterocycles. The van der Waals surface area contributed by atoms with Crippen LogP contribution in [0.15, 0.2) is 4.52 Å². The van der Waals surface area contributed by atoms with Crippen molar-refractivity contribution in [3.05, 3.63) is 11.7 Å². The van der Waals surface area contributed by atoms with Crippen molar-refractivity contribution < 1.29 is 9.32 Å². The maximum Gasteiger partial charge on any atom is 0.237 e. The van der Waals surface area contributed by atoms with Crippen LogP contribution < -0.4 is 10.6 Å². The maximum atomic E-state index is 12.0. The van der Waals surface area contributed by atoms with Gasteiger partial charge in [0.05, 0.1) is 6.04 Å². The summed E-state index contributed by atoms with van der Waals surface area (Å²) in [6.45, 7) is 5.34. The average Bonchev–Trinajstić information content (AvgIpc) is 2.75. The van der Waals surface area contributed by atoms with Crippen LogP contribution in [0.4, 0.5) is 0 Å². The van der Waals surface area contributed by atoms with Crippen LogP contribution >= 0.6 is 0 Å². The lowest BCUT2D eigenvalue weighted by Gasteiger charge is -2.28. The van der Waals surface area contributed by atoms with Gasteiger partial charge in [-0.1, -0.05) is 12.1 Å². The Bertz CT molecular complexity index is 405. The highest BCUT2D eigenvalue weighted by Gasteiger charge is 2.26. The minimum absolute atomic E-state index is 0.0665. The minimum atomic E-state index is -0.0665. The number of hydrogen-bond acceptors (Lipinski definition) is 5. The number of carbonyl (C=O) groups excluding carboxylic acids is 1. The maximum absolute atomic E-state index is 12.0. The molecule has 2 atom stereocenters. The van der Waals surface area contributed by atoms with E-state index in [4.69, 9.17) is 4.52 Å². The zero-order valence-electron chi connectivity index (χ0n) is 10.9. The Labute approximate surface area is 107 Å². The first kappa shape index (κ1) is 13.0. The molecule has 2 heterocycles. The summed E-state index contributed by atoms with van der Waals surface area (Å²) in [4.78, 5) is 16.1. The number of hydrogen-bond donors (Lipinski definition) is 2. The van der Waals surface area contributed by atoms with E-state index in [0.29, 0.717) is 30.6 Å². The van der Waals surface area contributed by atoms with Crippen molar-refractivity contribution in [3.8, 4) is 0 Å². The summed E-state index contributed by atoms with van der Waals surface area (Å²) in [5.74, 6) is 1.65. The average molecular weight is 252 g/mol. The summed E-state index contributed by atoms with van der Waals surface area (Å²) in [6, 6.07) is -0.0665. The van der Waals surface area contributed by atoms with Gasteiger partial charge in [-0.3, -0.25) is 4.79 Å². The van der Waals surface area contributed by atoms with Gasteiger partial charge in [0.2, 0.25) is 11.8 Å². The van der Waals surface area contributed by atoms with Crippen LogP contribution in [0.5, 0.6) is 0 Å². The van der Waals surface area contributed by atoms with Gasteiger partial charge in [0.25, 0.3) is 0 Å². The number of rotatable bonds is 4. The van der Waals surface area contributed by atoms with E-state index in [1.54, 1.807) is 6.92 Å². The fourth-order valence-electron chi connectivity index (χ4n) is 2.24. The molecule has 0 spiro atoms. The minimum Gasteiger partial charge on any atom is -0.354 e. The zero-order chi connectivity index (χ0) is 13.0. The van der Waals surface area contributed by atoms with Crippen LogP contribution in [0.2, 0.25) is 0 Å². The smallest absolute Gasteiger partial charge is 0.237 e. The van der Waals surface area contributed by atoms with Crippen LogP contribution in [0.1, 0.15) is 31.5 Å². The molecule has 0 aromatic carbocycles. The Morgan fingerprint density at radius 3 is 3.11 bits per heavy atom. The van der Waals surface area contributed by atoms with E-state index in [9.17, 15) is 4.79 Å². The zero-order valence-corrected chi connectivity index (χ0v) is 10.9. The molecule has 6 heteroatoms. The lowest BCUT2D eigenvalue weighted by atomic mass is 9.92. The normalized spacial score (nSPS) is 23.9. The molecule has 2 N–H and O–H groups in total. The second-order valence-corrected chi connectivity index (χ2v) is 4.83. The van der Waals surface area contributed by atoms with Crippen LogP contribution in [0.3, 0.4) is 0 Å². The van der Waals surface area contributed by atoms with E-state index in [2.05, 4.69) is 27.7 Å². The van der Waals surface area contributed by atoms with Gasteiger partial charge < -0.3 is 15.2 Å². The van der Waals surface area contributed by atoms with E-state index in [0.717, 1.165) is 19.4 Å². The number of nitrogens with one attached hydrogen (secondary N) is 2. The van der Waals surface area contributed by atoms with E-state index < -0.39 is 0 Å². The lowest BCUT2D eigenvalue weighted by molar-refractivity contribution is -0.124. The third-order valence-corrected chi connectivity index (χ3v) is 3.26. The quantitative estimate of drug-likeness (QED) is 0.812. The highest BCUT2D eigenvalue weighted by Crippen LogP contribution is 2.15. The van der Waals surface area contributed by atoms with Gasteiger partial charge in [0.1, 0.15) is 0 Å². The monoisotopic (exact) mass is 252 g/mol. The molecule has 18 heavy (non-hydrogen) atoms. The predicted octanol–water partition coefficient (Wildman–Crippen LogP) is 0.425. The third-order valence-electron chi connectivity index (χ3n) is 3.26. The SMILES string of the molecule is Cc1noc(CCNC(=O)C2NCCCC2C)n1. The van der Waals surface area contributed by atoms with Crippen LogP contribution in [-0.2, 0) is 11.2 Å². The molecule has 0 saturated carbocycles. The van der Waals surface area contributed by atoms with Crippen LogP contribution in [0.25, 0.3) is 0 Å². The molecule has 0 radical (unpaired) electrons. The Balaban J connectivity index is 1.74. The summed E-state index contributed by atoms with van der Waals surface area (Å²) >= 11 is 0. The van der Waals surface area contributed by atoms with Crippen molar-refractivity contribution in [1.82, 2.24) is 20.8 Å². The van der Waals surface area contributed by atoms with E-state index >= 15 is 0 Å². The van der Waals surface area contributed by atoms with E-state index in [1.165, 1.54) is 0 Å². The number of carbonyl (C=O) groups is 1. The first-order valence-electron chi connectivity index (χ1n) is 6.47. The second kappa shape index (κ2) is 5.95. The molecule has 2 unspecified atom stereocenters. The van der Waals surface area contributed by atoms with Crippen molar-refractivity contribution in [2.45, 2.75) is 39.2 Å². The molecule has 6 nitrogen and oxygen atoms in total. The van der Waals surface area contributed by atoms with E-state index in [1.807, 2.05) is 0 Å². The summed E-state index contributed by atoms with van der Waals surface area (Å²) in [5.41, 5.74) is 0. The van der Waals surface area contributed by atoms with Crippen molar-refractivity contribution >= 4 is 5.91 Å². The van der Waals surface area contributed by atoms with Crippen molar-refractivity contribution in [3.63, 3.8) is 0 Å². The van der Waals surface area contributed by atoms with Gasteiger partial charge in [0, 0.05) is 13.0 Å². The van der Waals surface area contributed by atoms with Gasteiger partial charge >= 0.3 is 0 Å². The number of nitrogens with zero attached hydrogens (tertiary/aromatic N) is 2. The van der Waals surface area contributed by atoms with Crippen LogP contribution in [-0.4, -0.2) is 35.2 Å². The fourth-order valence-corrected chi connectivity index (χ4v) is 2.24. The van der Waals surface area contributed by atoms with Crippen LogP contribution in [0, 0.1) is 12.8 Å². The Hall–Kier alpha value is -1.43. The molecular weight excluding hydrogens is 232 g/mol. The Morgan fingerprint density at radius 1 is 1.61 bits per heavy atom. The molecular formula is C12H20N4O2. The summed E-state index contributed by atoms with van der Waals surface area (Å²) < 4.78 is 4.98. The Morgan fingerprint density at radius 2 is 2.44 bits per heavy atom. The second-order valence-electron chi connectivity index (χ2n) is 4.83. The first-order chi connectivity index (χ1) is 8.66. The van der Waals surface area contributed by atoms with Gasteiger partial charge in [-0.15, -0.1) is 0 Å². The number of aryl methyl sites for hydroxylation is 1. The molecule has 0 aliphatic carbocycles. The Kier molecular flexibility index (Phi) is 4.30. The largest absolute Gasteiger partial charge is 0.354 e. The molecule has 1 amide bonds. The van der Waals surface area contributed by atoms with Gasteiger partial charge in [0.15, 0.2) is 5.82 Å². The standard InChI is InChI=1S/C12H20N4O2/c1-8-4-3-6-13-11(8)12(17)14-7-5-10-15-9(2)16-18-10/h8,11,13H,3-7H2,1-2H3,(H,14,17). The molecule has 1 aromatic rings. The molecule has 2 rings (SSSR count). The summed E-state index contributed by atoms with van der Waals surface area (Å²) in [6.07, 6.45) is 2.83. The van der Waals surface area contributed by atoms with Gasteiger partial charge in [-0.2, -0.15) is 4.98 Å². The first-order valence-corrected chi connectivity index (χ1v) is 6.47. The lowest BCUT2D eigenvalue weighted by Crippen LogP contribution is -2.51. The van der Waals surface area contributed by atoms with Crippen molar-refractivity contribution in [2.75, 3.05) is 13.1 Å². The fraction of sp³-hybridized carbons (Fsp3) is 0.750. The number of aromatic nitrogens is 2. The highest BCUT2D eigenvalue weighted by atomic mass is 16.5. The molecule has 1 aliphatic rings. The molecule has 1 fully saturated rings. The topological polar surface area (TPSA) is 80.0 Å². The van der Waals surface area contributed by atoms with Gasteiger partial charge in [-0.05, 0) is 32.2 Å². The highest BCUT2D eigenvalue weighted by molar-refractivity contribution is 5.82. The van der Waals surface area contributed by atoms with E-state index in [-0.39, 0.29) is 11.9 Å². The molecule has 1 aliphatic heterocycles. The predicted molar refractivity (Wildman–Crippen MR) is 65.9 cm³/mol. The van der Waals surface area contributed by atoms with Crippen molar-refractivity contribution in [2.24, 2.45) is 5.92 Å². The summed E-state index contributed by atoms with van der Waals surface area (Å²) in [5, 5.41) is 9.87. The molecule has 0 bridgehead atoms. The number of amides is 1. The summed E-state index contributed by atoms with van der Waals surface area (Å²) in [7, 11) is 0. The molecule has 100 valence electrons.